The van der Waals surface area contributed by atoms with Crippen LogP contribution in [0.25, 0.3) is 16.9 Å². The number of rotatable bonds is 4. The average molecular weight is 308 g/mol. The van der Waals surface area contributed by atoms with Crippen LogP contribution in [0.2, 0.25) is 0 Å². The Hall–Kier alpha value is -3.08. The van der Waals surface area contributed by atoms with Crippen LogP contribution in [0.1, 0.15) is 16.1 Å². The van der Waals surface area contributed by atoms with Gasteiger partial charge in [0, 0.05) is 5.56 Å². The molecule has 0 atom stereocenters. The molecule has 0 aliphatic carbocycles. The maximum absolute atomic E-state index is 11.3. The number of carboxylic acid groups (broad SMARTS) is 1. The van der Waals surface area contributed by atoms with Gasteiger partial charge in [0.1, 0.15) is 5.75 Å². The Morgan fingerprint density at radius 2 is 1.74 bits per heavy atom. The molecular weight excluding hydrogens is 292 g/mol. The second-order valence-electron chi connectivity index (χ2n) is 5.20. The molecule has 2 aromatic carbocycles. The monoisotopic (exact) mass is 308 g/mol. The van der Waals surface area contributed by atoms with Crippen LogP contribution in [0.4, 0.5) is 0 Å². The van der Waals surface area contributed by atoms with E-state index in [2.05, 4.69) is 5.10 Å². The summed E-state index contributed by atoms with van der Waals surface area (Å²) >= 11 is 0. The Kier molecular flexibility index (Phi) is 3.85. The zero-order chi connectivity index (χ0) is 16.4. The molecule has 0 spiro atoms. The molecule has 1 N–H and O–H groups in total. The van der Waals surface area contributed by atoms with Crippen molar-refractivity contribution in [1.29, 1.82) is 0 Å². The number of benzene rings is 2. The first-order chi connectivity index (χ1) is 11.1. The lowest BCUT2D eigenvalue weighted by Gasteiger charge is -2.08. The Morgan fingerprint density at radius 1 is 1.09 bits per heavy atom. The Morgan fingerprint density at radius 3 is 2.30 bits per heavy atom. The van der Waals surface area contributed by atoms with E-state index in [1.807, 2.05) is 55.5 Å². The zero-order valence-corrected chi connectivity index (χ0v) is 12.9. The predicted molar refractivity (Wildman–Crippen MR) is 87.2 cm³/mol. The zero-order valence-electron chi connectivity index (χ0n) is 12.9. The van der Waals surface area contributed by atoms with Crippen LogP contribution in [-0.2, 0) is 0 Å². The molecule has 5 nitrogen and oxygen atoms in total. The minimum absolute atomic E-state index is 0.0105. The van der Waals surface area contributed by atoms with Gasteiger partial charge in [0.05, 0.1) is 18.5 Å². The molecule has 0 amide bonds. The van der Waals surface area contributed by atoms with Crippen LogP contribution in [-0.4, -0.2) is 28.0 Å². The molecule has 3 aromatic rings. The molecule has 116 valence electrons. The average Bonchev–Trinajstić information content (AvgIpc) is 3.01. The molecule has 5 heteroatoms. The summed E-state index contributed by atoms with van der Waals surface area (Å²) in [4.78, 5) is 11.3. The molecule has 1 aromatic heterocycles. The van der Waals surface area contributed by atoms with E-state index in [9.17, 15) is 9.90 Å². The molecule has 0 aliphatic rings. The van der Waals surface area contributed by atoms with Crippen molar-refractivity contribution in [3.63, 3.8) is 0 Å². The van der Waals surface area contributed by atoms with E-state index < -0.39 is 5.97 Å². The molecule has 0 bridgehead atoms. The van der Waals surface area contributed by atoms with Gasteiger partial charge in [-0.1, -0.05) is 29.8 Å². The van der Waals surface area contributed by atoms with Crippen molar-refractivity contribution in [3.05, 3.63) is 65.9 Å². The van der Waals surface area contributed by atoms with E-state index in [-0.39, 0.29) is 5.69 Å². The van der Waals surface area contributed by atoms with Gasteiger partial charge in [-0.3, -0.25) is 0 Å². The van der Waals surface area contributed by atoms with E-state index in [4.69, 9.17) is 4.74 Å². The van der Waals surface area contributed by atoms with Crippen LogP contribution in [0, 0.1) is 6.92 Å². The fourth-order valence-electron chi connectivity index (χ4n) is 2.34. The topological polar surface area (TPSA) is 64.4 Å². The number of aromatic nitrogens is 2. The largest absolute Gasteiger partial charge is 0.497 e. The van der Waals surface area contributed by atoms with Gasteiger partial charge in [-0.25, -0.2) is 9.48 Å². The first-order valence-electron chi connectivity index (χ1n) is 7.13. The second-order valence-corrected chi connectivity index (χ2v) is 5.20. The van der Waals surface area contributed by atoms with Gasteiger partial charge in [0.25, 0.3) is 0 Å². The summed E-state index contributed by atoms with van der Waals surface area (Å²) in [7, 11) is 1.60. The highest BCUT2D eigenvalue weighted by Crippen LogP contribution is 2.25. The third-order valence-corrected chi connectivity index (χ3v) is 3.59. The maximum Gasteiger partial charge on any atom is 0.356 e. The van der Waals surface area contributed by atoms with E-state index in [0.717, 1.165) is 28.3 Å². The number of methoxy groups -OCH3 is 1. The lowest BCUT2D eigenvalue weighted by Crippen LogP contribution is -2.02. The van der Waals surface area contributed by atoms with E-state index in [1.54, 1.807) is 17.9 Å². The highest BCUT2D eigenvalue weighted by atomic mass is 16.5. The molecule has 0 fully saturated rings. The first-order valence-corrected chi connectivity index (χ1v) is 7.13. The van der Waals surface area contributed by atoms with Crippen LogP contribution in [0.5, 0.6) is 5.75 Å². The van der Waals surface area contributed by atoms with Crippen molar-refractivity contribution in [2.24, 2.45) is 0 Å². The molecule has 0 aliphatic heterocycles. The normalized spacial score (nSPS) is 10.5. The molecule has 0 saturated carbocycles. The van der Waals surface area contributed by atoms with Crippen LogP contribution < -0.4 is 4.74 Å². The molecule has 23 heavy (non-hydrogen) atoms. The third kappa shape index (κ3) is 2.94. The van der Waals surface area contributed by atoms with Crippen LogP contribution in [0.15, 0.2) is 54.6 Å². The van der Waals surface area contributed by atoms with Crippen LogP contribution >= 0.6 is 0 Å². The molecule has 0 saturated heterocycles. The van der Waals surface area contributed by atoms with Crippen molar-refractivity contribution in [2.75, 3.05) is 7.11 Å². The fraction of sp³-hybridized carbons (Fsp3) is 0.111. The summed E-state index contributed by atoms with van der Waals surface area (Å²) in [5, 5.41) is 13.5. The lowest BCUT2D eigenvalue weighted by molar-refractivity contribution is 0.0690. The van der Waals surface area contributed by atoms with Gasteiger partial charge in [0.15, 0.2) is 5.69 Å². The minimum atomic E-state index is -1.05. The maximum atomic E-state index is 11.3. The summed E-state index contributed by atoms with van der Waals surface area (Å²) in [5.74, 6) is -0.318. The van der Waals surface area contributed by atoms with Gasteiger partial charge in [-0.15, -0.1) is 0 Å². The number of ether oxygens (including phenoxy) is 1. The van der Waals surface area contributed by atoms with E-state index in [0.29, 0.717) is 0 Å². The standard InChI is InChI=1S/C18H16N2O3/c1-12-3-5-13(6-4-12)17-11-16(18(21)22)19-20(17)14-7-9-15(23-2)10-8-14/h3-11H,1-2H3,(H,21,22). The number of hydrogen-bond donors (Lipinski definition) is 1. The minimum Gasteiger partial charge on any atom is -0.497 e. The number of carbonyl (C=O) groups is 1. The lowest BCUT2D eigenvalue weighted by atomic mass is 10.1. The quantitative estimate of drug-likeness (QED) is 0.800. The van der Waals surface area contributed by atoms with Crippen LogP contribution in [0.3, 0.4) is 0 Å². The van der Waals surface area contributed by atoms with Gasteiger partial charge < -0.3 is 9.84 Å². The second kappa shape index (κ2) is 5.96. The van der Waals surface area contributed by atoms with Crippen molar-refractivity contribution in [2.45, 2.75) is 6.92 Å². The summed E-state index contributed by atoms with van der Waals surface area (Å²) in [6, 6.07) is 16.8. The van der Waals surface area contributed by atoms with E-state index >= 15 is 0 Å². The van der Waals surface area contributed by atoms with E-state index in [1.165, 1.54) is 0 Å². The Balaban J connectivity index is 2.13. The van der Waals surface area contributed by atoms with Gasteiger partial charge >= 0.3 is 5.97 Å². The summed E-state index contributed by atoms with van der Waals surface area (Å²) in [6.45, 7) is 2.01. The molecule has 3 rings (SSSR count). The molecule has 0 unspecified atom stereocenters. The van der Waals surface area contributed by atoms with Gasteiger partial charge in [0.2, 0.25) is 0 Å². The first kappa shape index (κ1) is 14.8. The van der Waals surface area contributed by atoms with Gasteiger partial charge in [-0.05, 0) is 37.3 Å². The summed E-state index contributed by atoms with van der Waals surface area (Å²) in [6.07, 6.45) is 0. The van der Waals surface area contributed by atoms with Crippen molar-refractivity contribution >= 4 is 5.97 Å². The molecule has 1 heterocycles. The van der Waals surface area contributed by atoms with Crippen molar-refractivity contribution < 1.29 is 14.6 Å². The smallest absolute Gasteiger partial charge is 0.356 e. The highest BCUT2D eigenvalue weighted by molar-refractivity contribution is 5.87. The predicted octanol–water partition coefficient (Wildman–Crippen LogP) is 3.55. The summed E-state index contributed by atoms with van der Waals surface area (Å²) < 4.78 is 6.79. The number of carboxylic acids is 1. The number of aryl methyl sites for hydroxylation is 1. The summed E-state index contributed by atoms with van der Waals surface area (Å²) in [5.41, 5.74) is 3.56. The molecule has 0 radical (unpaired) electrons. The van der Waals surface area contributed by atoms with Crippen molar-refractivity contribution in [1.82, 2.24) is 9.78 Å². The number of hydrogen-bond acceptors (Lipinski definition) is 3. The fourth-order valence-corrected chi connectivity index (χ4v) is 2.34. The van der Waals surface area contributed by atoms with Gasteiger partial charge in [-0.2, -0.15) is 5.10 Å². The SMILES string of the molecule is COc1ccc(-n2nc(C(=O)O)cc2-c2ccc(C)cc2)cc1. The number of aromatic carboxylic acids is 1. The number of nitrogens with zero attached hydrogens (tertiary/aromatic N) is 2. The van der Waals surface area contributed by atoms with Crippen molar-refractivity contribution in [3.8, 4) is 22.7 Å². The molecular formula is C18H16N2O3. The Bertz CT molecular complexity index is 834. The highest BCUT2D eigenvalue weighted by Gasteiger charge is 2.15. The third-order valence-electron chi connectivity index (χ3n) is 3.59. The Labute approximate surface area is 133 Å².